The molecule has 0 saturated carbocycles. The molecule has 2 rings (SSSR count). The average molecular weight is 397 g/mol. The molecule has 1 aromatic carbocycles. The van der Waals surface area contributed by atoms with E-state index < -0.39 is 11.6 Å². The molecule has 1 atom stereocenters. The SMILES string of the molecule is CN=C(NCC(OC)C(C)(C)C)NC1CCN(Cc2ccc(F)c(F)c2)CC1. The molecule has 0 radical (unpaired) electrons. The van der Waals surface area contributed by atoms with Crippen LogP contribution in [0, 0.1) is 17.0 Å². The van der Waals surface area contributed by atoms with Gasteiger partial charge in [0.1, 0.15) is 0 Å². The van der Waals surface area contributed by atoms with Gasteiger partial charge in [0, 0.05) is 46.4 Å². The van der Waals surface area contributed by atoms with E-state index in [1.807, 2.05) is 0 Å². The summed E-state index contributed by atoms with van der Waals surface area (Å²) in [7, 11) is 3.50. The summed E-state index contributed by atoms with van der Waals surface area (Å²) in [5.74, 6) is -0.799. The molecule has 5 nitrogen and oxygen atoms in total. The Hall–Kier alpha value is -1.73. The van der Waals surface area contributed by atoms with E-state index in [1.54, 1.807) is 20.2 Å². The van der Waals surface area contributed by atoms with Gasteiger partial charge in [-0.1, -0.05) is 26.8 Å². The van der Waals surface area contributed by atoms with Gasteiger partial charge < -0.3 is 15.4 Å². The van der Waals surface area contributed by atoms with Gasteiger partial charge in [-0.05, 0) is 36.0 Å². The Morgan fingerprint density at radius 2 is 1.93 bits per heavy atom. The minimum atomic E-state index is -0.798. The van der Waals surface area contributed by atoms with Crippen LogP contribution < -0.4 is 10.6 Å². The number of hydrogen-bond donors (Lipinski definition) is 2. The maximum absolute atomic E-state index is 13.4. The maximum atomic E-state index is 13.4. The van der Waals surface area contributed by atoms with Crippen LogP contribution in [0.25, 0.3) is 0 Å². The fraction of sp³-hybridized carbons (Fsp3) is 0.667. The Morgan fingerprint density at radius 3 is 2.46 bits per heavy atom. The largest absolute Gasteiger partial charge is 0.379 e. The van der Waals surface area contributed by atoms with E-state index in [0.29, 0.717) is 19.1 Å². The first-order valence-electron chi connectivity index (χ1n) is 9.89. The average Bonchev–Trinajstić information content (AvgIpc) is 2.64. The number of methoxy groups -OCH3 is 1. The van der Waals surface area contributed by atoms with Crippen LogP contribution in [0.5, 0.6) is 0 Å². The molecule has 28 heavy (non-hydrogen) atoms. The van der Waals surface area contributed by atoms with Crippen molar-refractivity contribution in [3.05, 3.63) is 35.4 Å². The molecule has 1 aromatic rings. The first-order chi connectivity index (χ1) is 13.2. The van der Waals surface area contributed by atoms with Gasteiger partial charge in [-0.15, -0.1) is 0 Å². The molecule has 0 aliphatic carbocycles. The number of guanidine groups is 1. The molecule has 1 saturated heterocycles. The van der Waals surface area contributed by atoms with Gasteiger partial charge in [-0.25, -0.2) is 8.78 Å². The Morgan fingerprint density at radius 1 is 1.25 bits per heavy atom. The highest BCUT2D eigenvalue weighted by molar-refractivity contribution is 5.80. The molecule has 0 amide bonds. The molecule has 0 spiro atoms. The van der Waals surface area contributed by atoms with Crippen LogP contribution in [-0.2, 0) is 11.3 Å². The number of nitrogens with one attached hydrogen (secondary N) is 2. The van der Waals surface area contributed by atoms with Gasteiger partial charge in [-0.3, -0.25) is 9.89 Å². The molecule has 1 aliphatic heterocycles. The number of nitrogens with zero attached hydrogens (tertiary/aromatic N) is 2. The zero-order valence-corrected chi connectivity index (χ0v) is 17.7. The van der Waals surface area contributed by atoms with Crippen LogP contribution in [0.2, 0.25) is 0 Å². The zero-order chi connectivity index (χ0) is 20.7. The van der Waals surface area contributed by atoms with E-state index in [-0.39, 0.29) is 11.5 Å². The zero-order valence-electron chi connectivity index (χ0n) is 17.7. The van der Waals surface area contributed by atoms with Gasteiger partial charge >= 0.3 is 0 Å². The second kappa shape index (κ2) is 10.2. The van der Waals surface area contributed by atoms with Crippen molar-refractivity contribution in [3.8, 4) is 0 Å². The lowest BCUT2D eigenvalue weighted by atomic mass is 9.89. The normalized spacial score (nSPS) is 18.2. The first-order valence-corrected chi connectivity index (χ1v) is 9.89. The number of rotatable bonds is 6. The molecule has 158 valence electrons. The predicted octanol–water partition coefficient (Wildman–Crippen LogP) is 3.16. The Kier molecular flexibility index (Phi) is 8.19. The monoisotopic (exact) mass is 396 g/mol. The van der Waals surface area contributed by atoms with Crippen molar-refractivity contribution >= 4 is 5.96 Å². The van der Waals surface area contributed by atoms with Crippen molar-refractivity contribution in [2.45, 2.75) is 52.3 Å². The molecule has 1 fully saturated rings. The molecule has 7 heteroatoms. The third-order valence-corrected chi connectivity index (χ3v) is 5.25. The lowest BCUT2D eigenvalue weighted by molar-refractivity contribution is 0.0204. The second-order valence-electron chi connectivity index (χ2n) is 8.49. The van der Waals surface area contributed by atoms with Crippen molar-refractivity contribution in [1.82, 2.24) is 15.5 Å². The topological polar surface area (TPSA) is 48.9 Å². The van der Waals surface area contributed by atoms with Gasteiger partial charge in [0.15, 0.2) is 17.6 Å². The molecule has 2 N–H and O–H groups in total. The van der Waals surface area contributed by atoms with E-state index >= 15 is 0 Å². The standard InChI is InChI=1S/C21H34F2N4O/c1-21(2,3)19(28-5)13-25-20(24-4)26-16-8-10-27(11-9-16)14-15-6-7-17(22)18(23)12-15/h6-7,12,16,19H,8-11,13-14H2,1-5H3,(H2,24,25,26). The van der Waals surface area contributed by atoms with Crippen molar-refractivity contribution in [3.63, 3.8) is 0 Å². The number of halogens is 2. The van der Waals surface area contributed by atoms with Gasteiger partial charge in [0.25, 0.3) is 0 Å². The smallest absolute Gasteiger partial charge is 0.191 e. The summed E-state index contributed by atoms with van der Waals surface area (Å²) in [4.78, 5) is 6.59. The second-order valence-corrected chi connectivity index (χ2v) is 8.49. The third-order valence-electron chi connectivity index (χ3n) is 5.25. The van der Waals surface area contributed by atoms with Gasteiger partial charge in [0.2, 0.25) is 0 Å². The van der Waals surface area contributed by atoms with Gasteiger partial charge in [0.05, 0.1) is 6.10 Å². The highest BCUT2D eigenvalue weighted by Gasteiger charge is 2.25. The van der Waals surface area contributed by atoms with Crippen LogP contribution in [0.1, 0.15) is 39.2 Å². The van der Waals surface area contributed by atoms with Crippen molar-refractivity contribution in [2.24, 2.45) is 10.4 Å². The molecular formula is C21H34F2N4O. The molecular weight excluding hydrogens is 362 g/mol. The van der Waals surface area contributed by atoms with Gasteiger partial charge in [-0.2, -0.15) is 0 Å². The van der Waals surface area contributed by atoms with Crippen LogP contribution in [0.3, 0.4) is 0 Å². The summed E-state index contributed by atoms with van der Waals surface area (Å²) < 4.78 is 32.0. The number of hydrogen-bond acceptors (Lipinski definition) is 3. The third kappa shape index (κ3) is 6.71. The molecule has 1 aliphatic rings. The molecule has 1 heterocycles. The number of likely N-dealkylation sites (tertiary alicyclic amines) is 1. The quantitative estimate of drug-likeness (QED) is 0.573. The molecule has 0 aromatic heterocycles. The van der Waals surface area contributed by atoms with E-state index in [0.717, 1.165) is 37.5 Å². The molecule has 0 bridgehead atoms. The number of ether oxygens (including phenoxy) is 1. The summed E-state index contributed by atoms with van der Waals surface area (Å²) in [5.41, 5.74) is 0.849. The Labute approximate surface area is 167 Å². The summed E-state index contributed by atoms with van der Waals surface area (Å²) in [6, 6.07) is 4.46. The van der Waals surface area contributed by atoms with Crippen molar-refractivity contribution in [2.75, 3.05) is 33.8 Å². The number of benzene rings is 1. The highest BCUT2D eigenvalue weighted by atomic mass is 19.2. The lowest BCUT2D eigenvalue weighted by Crippen LogP contribution is -2.51. The minimum Gasteiger partial charge on any atom is -0.379 e. The fourth-order valence-corrected chi connectivity index (χ4v) is 3.45. The van der Waals surface area contributed by atoms with Crippen LogP contribution in [0.4, 0.5) is 8.78 Å². The number of piperidine rings is 1. The van der Waals surface area contributed by atoms with E-state index in [1.165, 1.54) is 12.1 Å². The minimum absolute atomic E-state index is 0.0474. The Bertz CT molecular complexity index is 652. The van der Waals surface area contributed by atoms with Crippen molar-refractivity contribution < 1.29 is 13.5 Å². The van der Waals surface area contributed by atoms with Crippen molar-refractivity contribution in [1.29, 1.82) is 0 Å². The lowest BCUT2D eigenvalue weighted by Gasteiger charge is -2.34. The predicted molar refractivity (Wildman–Crippen MR) is 109 cm³/mol. The first kappa shape index (κ1) is 22.6. The van der Waals surface area contributed by atoms with Crippen LogP contribution >= 0.6 is 0 Å². The summed E-state index contributed by atoms with van der Waals surface area (Å²) in [6.45, 7) is 9.59. The maximum Gasteiger partial charge on any atom is 0.191 e. The summed E-state index contributed by atoms with van der Waals surface area (Å²) in [6.07, 6.45) is 2.03. The highest BCUT2D eigenvalue weighted by Crippen LogP contribution is 2.21. The summed E-state index contributed by atoms with van der Waals surface area (Å²) in [5, 5.41) is 6.84. The van der Waals surface area contributed by atoms with Crippen LogP contribution in [0.15, 0.2) is 23.2 Å². The van der Waals surface area contributed by atoms with E-state index in [9.17, 15) is 8.78 Å². The summed E-state index contributed by atoms with van der Waals surface area (Å²) >= 11 is 0. The van der Waals surface area contributed by atoms with E-state index in [4.69, 9.17) is 4.74 Å². The Balaban J connectivity index is 1.78. The molecule has 1 unspecified atom stereocenters. The van der Waals surface area contributed by atoms with Crippen LogP contribution in [-0.4, -0.2) is 56.8 Å². The number of aliphatic imine (C=N–C) groups is 1. The fourth-order valence-electron chi connectivity index (χ4n) is 3.45. The van der Waals surface area contributed by atoms with E-state index in [2.05, 4.69) is 41.3 Å².